The van der Waals surface area contributed by atoms with E-state index in [-0.39, 0.29) is 24.6 Å². The monoisotopic (exact) mass is 783 g/mol. The second-order valence-electron chi connectivity index (χ2n) is 15.7. The van der Waals surface area contributed by atoms with Gasteiger partial charge in [-0.15, -0.1) is 0 Å². The van der Waals surface area contributed by atoms with Crippen LogP contribution in [0.5, 0.6) is 0 Å². The van der Waals surface area contributed by atoms with E-state index in [0.717, 1.165) is 58.2 Å². The molecule has 0 aromatic heterocycles. The van der Waals surface area contributed by atoms with Crippen LogP contribution in [0.4, 0.5) is 0 Å². The minimum Gasteiger partial charge on any atom is -0.468 e. The summed E-state index contributed by atoms with van der Waals surface area (Å²) < 4.78 is 15.7. The maximum Gasteiger partial charge on any atom is 0.306 e. The molecule has 0 aliphatic carbocycles. The van der Waals surface area contributed by atoms with Crippen LogP contribution in [-0.2, 0) is 28.6 Å². The van der Waals surface area contributed by atoms with Gasteiger partial charge in [0.2, 0.25) is 5.91 Å². The summed E-state index contributed by atoms with van der Waals surface area (Å²) in [5.41, 5.74) is 0. The molecular weight excluding hydrogens is 689 g/mol. The first kappa shape index (κ1) is 55.4. The molecular formula is C47H94N2O6. The summed E-state index contributed by atoms with van der Waals surface area (Å²) in [5.74, 6) is 0.00520. The SMILES string of the molecule is CCCCCCCCCOC=O.CCCCCCCCN(CCCCCCCC(=O)OC(CCCCCC)CCCCCCC)CCCNC(=O)COCC. The van der Waals surface area contributed by atoms with Crippen molar-refractivity contribution in [3.63, 3.8) is 0 Å². The van der Waals surface area contributed by atoms with Crippen molar-refractivity contribution in [2.24, 2.45) is 0 Å². The highest BCUT2D eigenvalue weighted by Crippen LogP contribution is 2.18. The molecule has 328 valence electrons. The van der Waals surface area contributed by atoms with Gasteiger partial charge >= 0.3 is 5.97 Å². The third kappa shape index (κ3) is 46.6. The number of carbonyl (C=O) groups is 3. The number of unbranched alkanes of at least 4 members (excludes halogenated alkanes) is 22. The summed E-state index contributed by atoms with van der Waals surface area (Å²) >= 11 is 0. The molecule has 0 heterocycles. The molecule has 55 heavy (non-hydrogen) atoms. The summed E-state index contributed by atoms with van der Waals surface area (Å²) in [6.07, 6.45) is 37.4. The van der Waals surface area contributed by atoms with Crippen molar-refractivity contribution in [2.75, 3.05) is 46.0 Å². The molecule has 0 aliphatic rings. The maximum absolute atomic E-state index is 12.6. The summed E-state index contributed by atoms with van der Waals surface area (Å²) in [6.45, 7) is 16.8. The van der Waals surface area contributed by atoms with E-state index in [1.54, 1.807) is 0 Å². The molecule has 0 radical (unpaired) electrons. The van der Waals surface area contributed by atoms with Crippen molar-refractivity contribution in [3.8, 4) is 0 Å². The van der Waals surface area contributed by atoms with Gasteiger partial charge < -0.3 is 24.4 Å². The number of ether oxygens (including phenoxy) is 3. The molecule has 0 saturated heterocycles. The maximum atomic E-state index is 12.6. The van der Waals surface area contributed by atoms with Crippen molar-refractivity contribution in [1.82, 2.24) is 10.2 Å². The average molecular weight is 783 g/mol. The number of hydrogen-bond acceptors (Lipinski definition) is 7. The molecule has 8 heteroatoms. The Hall–Kier alpha value is -1.67. The van der Waals surface area contributed by atoms with Crippen LogP contribution in [0.2, 0.25) is 0 Å². The van der Waals surface area contributed by atoms with Crippen LogP contribution in [0.3, 0.4) is 0 Å². The zero-order valence-corrected chi connectivity index (χ0v) is 37.4. The first-order valence-electron chi connectivity index (χ1n) is 23.8. The van der Waals surface area contributed by atoms with Gasteiger partial charge in [-0.25, -0.2) is 0 Å². The minimum absolute atomic E-state index is 0.0156. The highest BCUT2D eigenvalue weighted by molar-refractivity contribution is 5.77. The van der Waals surface area contributed by atoms with Gasteiger partial charge in [0, 0.05) is 19.6 Å². The van der Waals surface area contributed by atoms with Gasteiger partial charge in [0.05, 0.1) is 6.61 Å². The van der Waals surface area contributed by atoms with E-state index >= 15 is 0 Å². The number of hydrogen-bond donors (Lipinski definition) is 1. The zero-order chi connectivity index (χ0) is 40.7. The number of rotatable bonds is 43. The van der Waals surface area contributed by atoms with Crippen LogP contribution in [0.25, 0.3) is 0 Å². The van der Waals surface area contributed by atoms with Crippen LogP contribution >= 0.6 is 0 Å². The number of nitrogens with one attached hydrogen (secondary N) is 1. The van der Waals surface area contributed by atoms with E-state index in [1.165, 1.54) is 154 Å². The summed E-state index contributed by atoms with van der Waals surface area (Å²) in [6, 6.07) is 0. The fraction of sp³-hybridized carbons (Fsp3) is 0.936. The first-order chi connectivity index (χ1) is 27.0. The van der Waals surface area contributed by atoms with Gasteiger partial charge in [0.15, 0.2) is 0 Å². The van der Waals surface area contributed by atoms with Crippen molar-refractivity contribution in [2.45, 2.75) is 240 Å². The molecule has 0 aromatic rings. The lowest BCUT2D eigenvalue weighted by molar-refractivity contribution is -0.150. The van der Waals surface area contributed by atoms with Crippen molar-refractivity contribution in [1.29, 1.82) is 0 Å². The van der Waals surface area contributed by atoms with Crippen LogP contribution in [-0.4, -0.2) is 75.4 Å². The molecule has 1 atom stereocenters. The molecule has 0 aliphatic heterocycles. The molecule has 0 bridgehead atoms. The van der Waals surface area contributed by atoms with Gasteiger partial charge in [0.25, 0.3) is 6.47 Å². The normalized spacial score (nSPS) is 11.6. The highest BCUT2D eigenvalue weighted by Gasteiger charge is 2.14. The average Bonchev–Trinajstić information content (AvgIpc) is 3.18. The van der Waals surface area contributed by atoms with Crippen molar-refractivity contribution in [3.05, 3.63) is 0 Å². The lowest BCUT2D eigenvalue weighted by Crippen LogP contribution is -2.33. The molecule has 1 amide bonds. The van der Waals surface area contributed by atoms with E-state index in [1.807, 2.05) is 6.92 Å². The van der Waals surface area contributed by atoms with Gasteiger partial charge in [0.1, 0.15) is 12.7 Å². The van der Waals surface area contributed by atoms with Crippen molar-refractivity contribution < 1.29 is 28.6 Å². The second-order valence-corrected chi connectivity index (χ2v) is 15.7. The minimum atomic E-state index is -0.0156. The number of amides is 1. The summed E-state index contributed by atoms with van der Waals surface area (Å²) in [4.78, 5) is 36.7. The Balaban J connectivity index is 0. The highest BCUT2D eigenvalue weighted by atomic mass is 16.5. The van der Waals surface area contributed by atoms with Gasteiger partial charge in [-0.2, -0.15) is 0 Å². The van der Waals surface area contributed by atoms with E-state index in [9.17, 15) is 14.4 Å². The lowest BCUT2D eigenvalue weighted by atomic mass is 10.0. The Kier molecular flexibility index (Phi) is 48.9. The Morgan fingerprint density at radius 2 is 0.982 bits per heavy atom. The Morgan fingerprint density at radius 3 is 1.49 bits per heavy atom. The molecule has 0 spiro atoms. The van der Waals surface area contributed by atoms with Gasteiger partial charge in [-0.3, -0.25) is 14.4 Å². The zero-order valence-electron chi connectivity index (χ0n) is 37.4. The Labute approximate surface area is 342 Å². The van der Waals surface area contributed by atoms with Crippen LogP contribution < -0.4 is 5.32 Å². The quantitative estimate of drug-likeness (QED) is 0.0374. The lowest BCUT2D eigenvalue weighted by Gasteiger charge is -2.22. The Morgan fingerprint density at radius 1 is 0.545 bits per heavy atom. The molecule has 0 saturated carbocycles. The van der Waals surface area contributed by atoms with E-state index in [0.29, 0.717) is 32.7 Å². The topological polar surface area (TPSA) is 94.2 Å². The van der Waals surface area contributed by atoms with Crippen LogP contribution in [0.15, 0.2) is 0 Å². The van der Waals surface area contributed by atoms with Crippen LogP contribution in [0, 0.1) is 0 Å². The number of nitrogens with zero attached hydrogens (tertiary/aromatic N) is 1. The predicted octanol–water partition coefficient (Wildman–Crippen LogP) is 12.7. The molecule has 1 unspecified atom stereocenters. The van der Waals surface area contributed by atoms with Crippen molar-refractivity contribution >= 4 is 18.3 Å². The fourth-order valence-electron chi connectivity index (χ4n) is 6.83. The molecule has 1 N–H and O–H groups in total. The Bertz CT molecular complexity index is 783. The van der Waals surface area contributed by atoms with E-state index in [2.05, 4.69) is 42.6 Å². The molecule has 0 rings (SSSR count). The largest absolute Gasteiger partial charge is 0.468 e. The first-order valence-corrected chi connectivity index (χ1v) is 23.8. The number of esters is 1. The second kappa shape index (κ2) is 48.5. The fourth-order valence-corrected chi connectivity index (χ4v) is 6.83. The predicted molar refractivity (Wildman–Crippen MR) is 234 cm³/mol. The third-order valence-corrected chi connectivity index (χ3v) is 10.3. The third-order valence-electron chi connectivity index (χ3n) is 10.3. The molecule has 0 fully saturated rings. The van der Waals surface area contributed by atoms with Gasteiger partial charge in [-0.05, 0) is 84.3 Å². The summed E-state index contributed by atoms with van der Waals surface area (Å²) in [7, 11) is 0. The standard InChI is InChI=1S/C37H74N2O4.C10H20O2/c1-5-9-12-15-19-24-31-39(33-26-30-38-36(40)34-42-8-4)32-25-20-16-18-23-29-37(41)43-35(27-21-14-11-7-3)28-22-17-13-10-6-2;1-2-3-4-5-6-7-8-9-12-10-11/h35H,5-34H2,1-4H3,(H,38,40);10H,2-9H2,1H3. The molecule has 8 nitrogen and oxygen atoms in total. The smallest absolute Gasteiger partial charge is 0.306 e. The van der Waals surface area contributed by atoms with E-state index in [4.69, 9.17) is 9.47 Å². The number of carbonyl (C=O) groups excluding carboxylic acids is 3. The summed E-state index contributed by atoms with van der Waals surface area (Å²) in [5, 5.41) is 2.98. The van der Waals surface area contributed by atoms with Crippen LogP contribution in [0.1, 0.15) is 234 Å². The molecule has 0 aromatic carbocycles. The van der Waals surface area contributed by atoms with E-state index < -0.39 is 0 Å². The van der Waals surface area contributed by atoms with Gasteiger partial charge in [-0.1, -0.05) is 163 Å².